The van der Waals surface area contributed by atoms with Crippen LogP contribution in [-0.4, -0.2) is 71.8 Å². The van der Waals surface area contributed by atoms with Crippen molar-refractivity contribution in [2.75, 3.05) is 39.3 Å². The Morgan fingerprint density at radius 2 is 1.72 bits per heavy atom. The van der Waals surface area contributed by atoms with Crippen molar-refractivity contribution in [2.45, 2.75) is 39.2 Å². The van der Waals surface area contributed by atoms with Crippen molar-refractivity contribution < 1.29 is 19.1 Å². The second-order valence-electron chi connectivity index (χ2n) is 8.21. The topological polar surface area (TPSA) is 70.2 Å². The third-order valence-electron chi connectivity index (χ3n) is 6.05. The van der Waals surface area contributed by atoms with Crippen LogP contribution in [0.5, 0.6) is 5.75 Å². The van der Waals surface area contributed by atoms with E-state index in [-0.39, 0.29) is 23.6 Å². The van der Waals surface area contributed by atoms with Crippen molar-refractivity contribution in [3.05, 3.63) is 29.3 Å². The molecule has 7 nitrogen and oxygen atoms in total. The van der Waals surface area contributed by atoms with Crippen LogP contribution in [0.1, 0.15) is 37.3 Å². The Kier molecular flexibility index (Phi) is 5.74. The van der Waals surface area contributed by atoms with Crippen molar-refractivity contribution in [2.24, 2.45) is 5.92 Å². The van der Waals surface area contributed by atoms with Gasteiger partial charge in [0.25, 0.3) is 0 Å². The number of fused-ring (bicyclic) bond motifs is 1. The van der Waals surface area contributed by atoms with Crippen LogP contribution in [0.25, 0.3) is 0 Å². The van der Waals surface area contributed by atoms with Gasteiger partial charge < -0.3 is 19.4 Å². The number of piperazine rings is 1. The Hall–Kier alpha value is -2.57. The van der Waals surface area contributed by atoms with Gasteiger partial charge in [0.05, 0.1) is 6.54 Å². The van der Waals surface area contributed by atoms with Gasteiger partial charge >= 0.3 is 0 Å². The molecule has 0 aromatic heterocycles. The molecule has 0 spiro atoms. The Labute approximate surface area is 171 Å². The van der Waals surface area contributed by atoms with Gasteiger partial charge in [-0.25, -0.2) is 0 Å². The van der Waals surface area contributed by atoms with Crippen LogP contribution in [-0.2, 0) is 27.3 Å². The van der Waals surface area contributed by atoms with Gasteiger partial charge in [-0.2, -0.15) is 0 Å². The first-order valence-electron chi connectivity index (χ1n) is 10.6. The highest BCUT2D eigenvalue weighted by atomic mass is 16.5. The number of hydrogen-bond acceptors (Lipinski definition) is 4. The van der Waals surface area contributed by atoms with Gasteiger partial charge in [-0.1, -0.05) is 12.1 Å². The molecule has 1 saturated heterocycles. The fraction of sp³-hybridized carbons (Fsp3) is 0.591. The van der Waals surface area contributed by atoms with E-state index in [9.17, 15) is 14.4 Å². The summed E-state index contributed by atoms with van der Waals surface area (Å²) in [5.41, 5.74) is 2.11. The van der Waals surface area contributed by atoms with Crippen molar-refractivity contribution in [1.29, 1.82) is 0 Å². The van der Waals surface area contributed by atoms with E-state index in [0.29, 0.717) is 58.7 Å². The van der Waals surface area contributed by atoms with Gasteiger partial charge in [-0.3, -0.25) is 14.4 Å². The summed E-state index contributed by atoms with van der Waals surface area (Å²) in [5.74, 6) is 1.49. The van der Waals surface area contributed by atoms with Gasteiger partial charge in [0.2, 0.25) is 17.7 Å². The molecule has 1 aliphatic carbocycles. The zero-order valence-corrected chi connectivity index (χ0v) is 17.1. The number of carbonyl (C=O) groups is 3. The van der Waals surface area contributed by atoms with Gasteiger partial charge in [-0.05, 0) is 30.9 Å². The third-order valence-corrected chi connectivity index (χ3v) is 6.05. The minimum atomic E-state index is 0.0681. The minimum Gasteiger partial charge on any atom is -0.491 e. The highest BCUT2D eigenvalue weighted by molar-refractivity contribution is 5.81. The second kappa shape index (κ2) is 8.43. The molecule has 156 valence electrons. The molecule has 3 amide bonds. The maximum atomic E-state index is 12.6. The van der Waals surface area contributed by atoms with Crippen molar-refractivity contribution in [3.63, 3.8) is 0 Å². The molecule has 1 aromatic carbocycles. The first-order chi connectivity index (χ1) is 14.0. The van der Waals surface area contributed by atoms with E-state index in [1.54, 1.807) is 11.8 Å². The molecule has 2 heterocycles. The van der Waals surface area contributed by atoms with E-state index >= 15 is 0 Å². The van der Waals surface area contributed by atoms with Crippen LogP contribution in [0, 0.1) is 5.92 Å². The molecule has 0 atom stereocenters. The summed E-state index contributed by atoms with van der Waals surface area (Å²) in [6.07, 6.45) is 3.12. The molecule has 2 fully saturated rings. The van der Waals surface area contributed by atoms with Crippen LogP contribution in [0.4, 0.5) is 0 Å². The van der Waals surface area contributed by atoms with Crippen LogP contribution < -0.4 is 4.74 Å². The number of hydrogen-bond donors (Lipinski definition) is 0. The Morgan fingerprint density at radius 3 is 2.41 bits per heavy atom. The van der Waals surface area contributed by atoms with Crippen LogP contribution in [0.15, 0.2) is 18.2 Å². The molecule has 4 rings (SSSR count). The van der Waals surface area contributed by atoms with Crippen molar-refractivity contribution >= 4 is 17.7 Å². The average Bonchev–Trinajstić information content (AvgIpc) is 3.58. The number of aryl methyl sites for hydroxylation is 1. The summed E-state index contributed by atoms with van der Waals surface area (Å²) in [4.78, 5) is 42.0. The molecule has 1 aromatic rings. The number of ether oxygens (including phenoxy) is 1. The number of rotatable bonds is 4. The SMILES string of the molecule is CC(=O)N1CCN(C(=O)CCc2ccc3c(c2)CN(C(=O)C2CC2)CCO3)CC1. The Bertz CT molecular complexity index is 797. The standard InChI is InChI=1S/C22H29N3O4/c1-16(26)23-8-10-24(11-9-23)21(27)7-3-17-2-6-20-19(14-17)15-25(12-13-29-20)22(28)18-4-5-18/h2,6,14,18H,3-5,7-13,15H2,1H3. The number of carbonyl (C=O) groups excluding carboxylic acids is 3. The molecule has 0 N–H and O–H groups in total. The second-order valence-corrected chi connectivity index (χ2v) is 8.21. The Balaban J connectivity index is 1.33. The molecular weight excluding hydrogens is 370 g/mol. The summed E-state index contributed by atoms with van der Waals surface area (Å²) in [5, 5.41) is 0. The monoisotopic (exact) mass is 399 g/mol. The molecular formula is C22H29N3O4. The van der Waals surface area contributed by atoms with Crippen LogP contribution in [0.3, 0.4) is 0 Å². The molecule has 0 radical (unpaired) electrons. The summed E-state index contributed by atoms with van der Waals surface area (Å²) in [6.45, 7) is 5.74. The number of amides is 3. The normalized spacial score (nSPS) is 19.3. The molecule has 3 aliphatic rings. The molecule has 0 bridgehead atoms. The van der Waals surface area contributed by atoms with E-state index in [1.165, 1.54) is 0 Å². The average molecular weight is 399 g/mol. The molecule has 7 heteroatoms. The lowest BCUT2D eigenvalue weighted by Gasteiger charge is -2.34. The van der Waals surface area contributed by atoms with Gasteiger partial charge in [-0.15, -0.1) is 0 Å². The summed E-state index contributed by atoms with van der Waals surface area (Å²) in [7, 11) is 0. The van der Waals surface area contributed by atoms with Gasteiger partial charge in [0.15, 0.2) is 0 Å². The molecule has 29 heavy (non-hydrogen) atoms. The van der Waals surface area contributed by atoms with Gasteiger partial charge in [0.1, 0.15) is 12.4 Å². The first kappa shape index (κ1) is 19.7. The molecule has 0 unspecified atom stereocenters. The smallest absolute Gasteiger partial charge is 0.226 e. The lowest BCUT2D eigenvalue weighted by atomic mass is 10.0. The van der Waals surface area contributed by atoms with Gasteiger partial charge in [0, 0.05) is 57.5 Å². The summed E-state index contributed by atoms with van der Waals surface area (Å²) >= 11 is 0. The lowest BCUT2D eigenvalue weighted by Crippen LogP contribution is -2.50. The zero-order valence-electron chi connectivity index (χ0n) is 17.1. The number of benzene rings is 1. The van der Waals surface area contributed by atoms with E-state index in [4.69, 9.17) is 4.74 Å². The largest absolute Gasteiger partial charge is 0.491 e. The van der Waals surface area contributed by atoms with Crippen molar-refractivity contribution in [1.82, 2.24) is 14.7 Å². The van der Waals surface area contributed by atoms with E-state index in [2.05, 4.69) is 6.07 Å². The lowest BCUT2D eigenvalue weighted by molar-refractivity contribution is -0.138. The predicted octanol–water partition coefficient (Wildman–Crippen LogP) is 1.44. The fourth-order valence-corrected chi connectivity index (χ4v) is 4.06. The molecule has 1 saturated carbocycles. The minimum absolute atomic E-state index is 0.0681. The van der Waals surface area contributed by atoms with E-state index < -0.39 is 0 Å². The Morgan fingerprint density at radius 1 is 1.00 bits per heavy atom. The molecule has 2 aliphatic heterocycles. The summed E-state index contributed by atoms with van der Waals surface area (Å²) < 4.78 is 5.83. The highest BCUT2D eigenvalue weighted by Gasteiger charge is 2.34. The van der Waals surface area contributed by atoms with Crippen LogP contribution >= 0.6 is 0 Å². The maximum absolute atomic E-state index is 12.6. The van der Waals surface area contributed by atoms with Crippen molar-refractivity contribution in [3.8, 4) is 5.75 Å². The summed E-state index contributed by atoms with van der Waals surface area (Å²) in [6, 6.07) is 6.05. The maximum Gasteiger partial charge on any atom is 0.226 e. The highest BCUT2D eigenvalue weighted by Crippen LogP contribution is 2.33. The predicted molar refractivity (Wildman–Crippen MR) is 107 cm³/mol. The van der Waals surface area contributed by atoms with E-state index in [0.717, 1.165) is 29.7 Å². The fourth-order valence-electron chi connectivity index (χ4n) is 4.06. The number of nitrogens with zero attached hydrogens (tertiary/aromatic N) is 3. The van der Waals surface area contributed by atoms with E-state index in [1.807, 2.05) is 21.9 Å². The zero-order chi connectivity index (χ0) is 20.4. The van der Waals surface area contributed by atoms with Crippen LogP contribution in [0.2, 0.25) is 0 Å². The first-order valence-corrected chi connectivity index (χ1v) is 10.6. The quantitative estimate of drug-likeness (QED) is 0.768. The third kappa shape index (κ3) is 4.71.